The lowest BCUT2D eigenvalue weighted by atomic mass is 9.52. The van der Waals surface area contributed by atoms with Crippen LogP contribution in [0.5, 0.6) is 0 Å². The standard InChI is InChI=1S/C15H33N/c1-11(2)13(5,6)14(7,8)15(9,16-10)12(3)4/h11-12,16H,1-10H3. The predicted molar refractivity (Wildman–Crippen MR) is 74.7 cm³/mol. The van der Waals surface area contributed by atoms with Gasteiger partial charge in [0.25, 0.3) is 0 Å². The van der Waals surface area contributed by atoms with Crippen molar-refractivity contribution < 1.29 is 0 Å². The fourth-order valence-electron chi connectivity index (χ4n) is 2.71. The van der Waals surface area contributed by atoms with Gasteiger partial charge < -0.3 is 5.32 Å². The van der Waals surface area contributed by atoms with Gasteiger partial charge in [0.05, 0.1) is 0 Å². The van der Waals surface area contributed by atoms with Gasteiger partial charge in [-0.3, -0.25) is 0 Å². The van der Waals surface area contributed by atoms with Crippen molar-refractivity contribution in [1.29, 1.82) is 0 Å². The summed E-state index contributed by atoms with van der Waals surface area (Å²) >= 11 is 0. The first-order valence-electron chi connectivity index (χ1n) is 6.64. The molecule has 0 aromatic rings. The molecule has 16 heavy (non-hydrogen) atoms. The average molecular weight is 227 g/mol. The zero-order valence-electron chi connectivity index (χ0n) is 13.2. The van der Waals surface area contributed by atoms with Crippen LogP contribution in [-0.2, 0) is 0 Å². The SMILES string of the molecule is CNC(C)(C(C)C)C(C)(C)C(C)(C)C(C)C. The van der Waals surface area contributed by atoms with Crippen molar-refractivity contribution in [2.75, 3.05) is 7.05 Å². The molecule has 0 aliphatic rings. The smallest absolute Gasteiger partial charge is 0.0229 e. The molecule has 1 atom stereocenters. The van der Waals surface area contributed by atoms with Crippen LogP contribution in [0, 0.1) is 22.7 Å². The van der Waals surface area contributed by atoms with Gasteiger partial charge in [-0.25, -0.2) is 0 Å². The second kappa shape index (κ2) is 4.68. The van der Waals surface area contributed by atoms with E-state index in [9.17, 15) is 0 Å². The summed E-state index contributed by atoms with van der Waals surface area (Å²) in [6.45, 7) is 21.3. The maximum absolute atomic E-state index is 3.58. The third-order valence-corrected chi connectivity index (χ3v) is 6.03. The molecule has 0 heterocycles. The molecule has 0 aromatic carbocycles. The van der Waals surface area contributed by atoms with Crippen LogP contribution in [0.25, 0.3) is 0 Å². The third-order valence-electron chi connectivity index (χ3n) is 6.03. The van der Waals surface area contributed by atoms with Crippen molar-refractivity contribution in [3.8, 4) is 0 Å². The molecule has 0 fully saturated rings. The minimum Gasteiger partial charge on any atom is -0.314 e. The van der Waals surface area contributed by atoms with E-state index in [4.69, 9.17) is 0 Å². The molecule has 0 amide bonds. The van der Waals surface area contributed by atoms with Crippen LogP contribution in [0.3, 0.4) is 0 Å². The first-order chi connectivity index (χ1) is 6.95. The highest BCUT2D eigenvalue weighted by Gasteiger charge is 2.52. The first-order valence-corrected chi connectivity index (χ1v) is 6.64. The van der Waals surface area contributed by atoms with Gasteiger partial charge >= 0.3 is 0 Å². The van der Waals surface area contributed by atoms with Gasteiger partial charge in [-0.2, -0.15) is 0 Å². The van der Waals surface area contributed by atoms with Crippen LogP contribution < -0.4 is 5.32 Å². The van der Waals surface area contributed by atoms with Crippen molar-refractivity contribution in [1.82, 2.24) is 5.32 Å². The molecule has 0 saturated carbocycles. The highest BCUT2D eigenvalue weighted by Crippen LogP contribution is 2.52. The van der Waals surface area contributed by atoms with E-state index >= 15 is 0 Å². The Morgan fingerprint density at radius 1 is 0.750 bits per heavy atom. The lowest BCUT2D eigenvalue weighted by molar-refractivity contribution is -0.0461. The monoisotopic (exact) mass is 227 g/mol. The molecule has 1 unspecified atom stereocenters. The zero-order chi connectivity index (χ0) is 13.4. The van der Waals surface area contributed by atoms with Gasteiger partial charge in [-0.05, 0) is 36.6 Å². The minimum atomic E-state index is 0.154. The summed E-state index contributed by atoms with van der Waals surface area (Å²) in [5.74, 6) is 1.29. The van der Waals surface area contributed by atoms with E-state index < -0.39 is 0 Å². The average Bonchev–Trinajstić information content (AvgIpc) is 2.15. The summed E-state index contributed by atoms with van der Waals surface area (Å²) in [6, 6.07) is 0. The molecule has 1 nitrogen and oxygen atoms in total. The quantitative estimate of drug-likeness (QED) is 0.737. The second-order valence-corrected chi connectivity index (χ2v) is 7.11. The van der Waals surface area contributed by atoms with Gasteiger partial charge in [-0.15, -0.1) is 0 Å². The van der Waals surface area contributed by atoms with Crippen LogP contribution >= 0.6 is 0 Å². The van der Waals surface area contributed by atoms with E-state index in [1.807, 2.05) is 0 Å². The van der Waals surface area contributed by atoms with Crippen LogP contribution in [0.1, 0.15) is 62.3 Å². The molecule has 0 aliphatic heterocycles. The lowest BCUT2D eigenvalue weighted by Gasteiger charge is -2.57. The van der Waals surface area contributed by atoms with Crippen molar-refractivity contribution in [3.05, 3.63) is 0 Å². The van der Waals surface area contributed by atoms with Gasteiger partial charge in [0.15, 0.2) is 0 Å². The Hall–Kier alpha value is -0.0400. The Kier molecular flexibility index (Phi) is 4.67. The van der Waals surface area contributed by atoms with Gasteiger partial charge in [0, 0.05) is 5.54 Å². The van der Waals surface area contributed by atoms with Crippen LogP contribution in [0.4, 0.5) is 0 Å². The number of nitrogens with one attached hydrogen (secondary N) is 1. The number of hydrogen-bond acceptors (Lipinski definition) is 1. The van der Waals surface area contributed by atoms with Gasteiger partial charge in [0.2, 0.25) is 0 Å². The van der Waals surface area contributed by atoms with Gasteiger partial charge in [0.1, 0.15) is 0 Å². The van der Waals surface area contributed by atoms with E-state index in [0.29, 0.717) is 17.3 Å². The number of rotatable bonds is 5. The van der Waals surface area contributed by atoms with Crippen LogP contribution in [0.15, 0.2) is 0 Å². The predicted octanol–water partition coefficient (Wildman–Crippen LogP) is 4.33. The summed E-state index contributed by atoms with van der Waals surface area (Å²) in [5.41, 5.74) is 0.687. The van der Waals surface area contributed by atoms with Crippen molar-refractivity contribution >= 4 is 0 Å². The normalized spacial score (nSPS) is 18.0. The summed E-state index contributed by atoms with van der Waals surface area (Å²) < 4.78 is 0. The second-order valence-electron chi connectivity index (χ2n) is 7.11. The van der Waals surface area contributed by atoms with E-state index in [2.05, 4.69) is 74.7 Å². The van der Waals surface area contributed by atoms with Gasteiger partial charge in [-0.1, -0.05) is 55.4 Å². The fraction of sp³-hybridized carbons (Fsp3) is 1.00. The van der Waals surface area contributed by atoms with Crippen molar-refractivity contribution in [3.63, 3.8) is 0 Å². The lowest BCUT2D eigenvalue weighted by Crippen LogP contribution is -2.62. The summed E-state index contributed by atoms with van der Waals surface area (Å²) in [4.78, 5) is 0. The van der Waals surface area contributed by atoms with E-state index in [1.165, 1.54) is 0 Å². The largest absolute Gasteiger partial charge is 0.314 e. The molecule has 1 heteroatoms. The minimum absolute atomic E-state index is 0.154. The first kappa shape index (κ1) is 16.0. The molecule has 98 valence electrons. The molecule has 0 saturated heterocycles. The fourth-order valence-corrected chi connectivity index (χ4v) is 2.71. The third kappa shape index (κ3) is 2.16. The highest BCUT2D eigenvalue weighted by atomic mass is 15.0. The molecular weight excluding hydrogens is 194 g/mol. The van der Waals surface area contributed by atoms with E-state index in [0.717, 1.165) is 0 Å². The van der Waals surface area contributed by atoms with Crippen molar-refractivity contribution in [2.24, 2.45) is 22.7 Å². The zero-order valence-corrected chi connectivity index (χ0v) is 13.2. The Bertz CT molecular complexity index is 226. The Balaban J connectivity index is 5.48. The maximum Gasteiger partial charge on any atom is 0.0229 e. The van der Waals surface area contributed by atoms with E-state index in [-0.39, 0.29) is 11.0 Å². The van der Waals surface area contributed by atoms with E-state index in [1.54, 1.807) is 0 Å². The topological polar surface area (TPSA) is 12.0 Å². The molecule has 1 N–H and O–H groups in total. The molecule has 0 bridgehead atoms. The Morgan fingerprint density at radius 2 is 1.12 bits per heavy atom. The molecule has 0 rings (SSSR count). The van der Waals surface area contributed by atoms with Crippen molar-refractivity contribution in [2.45, 2.75) is 67.9 Å². The maximum atomic E-state index is 3.58. The molecule has 0 aliphatic carbocycles. The van der Waals surface area contributed by atoms with Crippen LogP contribution in [-0.4, -0.2) is 12.6 Å². The molecular formula is C15H33N. The Morgan fingerprint density at radius 3 is 1.31 bits per heavy atom. The summed E-state index contributed by atoms with van der Waals surface area (Å²) in [6.07, 6.45) is 0. The van der Waals surface area contributed by atoms with Crippen LogP contribution in [0.2, 0.25) is 0 Å². The number of hydrogen-bond donors (Lipinski definition) is 1. The summed E-state index contributed by atoms with van der Waals surface area (Å²) in [5, 5.41) is 3.58. The highest BCUT2D eigenvalue weighted by molar-refractivity contribution is 5.05. The molecule has 0 aromatic heterocycles. The Labute approximate surface area is 103 Å². The summed E-state index contributed by atoms with van der Waals surface area (Å²) in [7, 11) is 2.10. The molecule has 0 radical (unpaired) electrons. The molecule has 0 spiro atoms.